The number of aromatic carboxylic acids is 1. The molecule has 2 N–H and O–H groups in total. The van der Waals surface area contributed by atoms with Crippen LogP contribution in [0.1, 0.15) is 11.8 Å². The van der Waals surface area contributed by atoms with Gasteiger partial charge in [0.2, 0.25) is 0 Å². The van der Waals surface area contributed by atoms with Gasteiger partial charge in [0.1, 0.15) is 5.75 Å². The van der Waals surface area contributed by atoms with Crippen molar-refractivity contribution < 1.29 is 35.3 Å². The van der Waals surface area contributed by atoms with Crippen LogP contribution >= 0.6 is 0 Å². The molecule has 0 spiro atoms. The minimum Gasteiger partial charge on any atom is -1.00 e. The van der Waals surface area contributed by atoms with E-state index in [1.165, 1.54) is 12.1 Å². The third-order valence-electron chi connectivity index (χ3n) is 2.07. The zero-order chi connectivity index (χ0) is 10.1. The maximum atomic E-state index is 10.7. The normalized spacial score (nSPS) is 9.60. The summed E-state index contributed by atoms with van der Waals surface area (Å²) in [5.41, 5.74) is 0.253. The van der Waals surface area contributed by atoms with Crippen LogP contribution in [0.3, 0.4) is 0 Å². The summed E-state index contributed by atoms with van der Waals surface area (Å²) in [6.45, 7) is 0. The van der Waals surface area contributed by atoms with Crippen molar-refractivity contribution in [2.75, 3.05) is 0 Å². The number of hydrogen-bond acceptors (Lipinski definition) is 2. The van der Waals surface area contributed by atoms with E-state index in [1.807, 2.05) is 0 Å². The van der Waals surface area contributed by atoms with E-state index in [-0.39, 0.29) is 31.6 Å². The molecule has 0 heterocycles. The van der Waals surface area contributed by atoms with E-state index in [0.717, 1.165) is 10.8 Å². The molecule has 0 aliphatic heterocycles. The summed E-state index contributed by atoms with van der Waals surface area (Å²) >= 11 is 0. The summed E-state index contributed by atoms with van der Waals surface area (Å²) < 4.78 is 0. The Labute approximate surface area is 100 Å². The third-order valence-corrected chi connectivity index (χ3v) is 2.07. The molecule has 0 amide bonds. The van der Waals surface area contributed by atoms with Gasteiger partial charge in [0, 0.05) is 0 Å². The van der Waals surface area contributed by atoms with E-state index >= 15 is 0 Å². The van der Waals surface area contributed by atoms with Gasteiger partial charge in [-0.15, -0.1) is 0 Å². The number of aromatic hydroxyl groups is 1. The zero-order valence-corrected chi connectivity index (χ0v) is 8.27. The van der Waals surface area contributed by atoms with Gasteiger partial charge in [-0.1, -0.05) is 12.1 Å². The predicted molar refractivity (Wildman–Crippen MR) is 53.7 cm³/mol. The van der Waals surface area contributed by atoms with Crippen molar-refractivity contribution in [1.82, 2.24) is 0 Å². The number of carboxylic acid groups (broad SMARTS) is 1. The Morgan fingerprint density at radius 3 is 2.33 bits per heavy atom. The van der Waals surface area contributed by atoms with E-state index in [1.54, 1.807) is 24.3 Å². The SMILES string of the molecule is O=C(O)c1ccc2cc(O)ccc2c1.[H-].[Li+]. The summed E-state index contributed by atoms with van der Waals surface area (Å²) in [5, 5.41) is 19.6. The van der Waals surface area contributed by atoms with E-state index in [2.05, 4.69) is 0 Å². The van der Waals surface area contributed by atoms with E-state index in [0.29, 0.717) is 0 Å². The van der Waals surface area contributed by atoms with Crippen LogP contribution in [-0.2, 0) is 0 Å². The number of benzene rings is 2. The molecule has 0 aliphatic rings. The number of hydrogen-bond donors (Lipinski definition) is 2. The number of phenolic OH excluding ortho intramolecular Hbond substituents is 1. The average molecular weight is 196 g/mol. The third kappa shape index (κ3) is 2.33. The summed E-state index contributed by atoms with van der Waals surface area (Å²) in [5.74, 6) is -0.763. The van der Waals surface area contributed by atoms with Crippen molar-refractivity contribution in [3.05, 3.63) is 42.0 Å². The maximum Gasteiger partial charge on any atom is 1.00 e. The first-order valence-electron chi connectivity index (χ1n) is 4.13. The first kappa shape index (κ1) is 11.6. The van der Waals surface area contributed by atoms with Gasteiger partial charge in [0.05, 0.1) is 5.56 Å². The van der Waals surface area contributed by atoms with Crippen molar-refractivity contribution in [2.24, 2.45) is 0 Å². The van der Waals surface area contributed by atoms with E-state index in [9.17, 15) is 9.90 Å². The standard InChI is InChI=1S/C11H8O3.Li.H/c12-10-4-3-7-5-9(11(13)14)2-1-8(7)6-10;;/h1-6,12H,(H,13,14);;/q;+1;-1. The Morgan fingerprint density at radius 1 is 1.07 bits per heavy atom. The Balaban J connectivity index is 0.00000112. The fourth-order valence-corrected chi connectivity index (χ4v) is 1.37. The van der Waals surface area contributed by atoms with Crippen LogP contribution in [-0.4, -0.2) is 16.2 Å². The Bertz CT molecular complexity index is 514. The number of rotatable bonds is 1. The molecule has 2 rings (SSSR count). The molecule has 72 valence electrons. The molecule has 15 heavy (non-hydrogen) atoms. The fraction of sp³-hybridized carbons (Fsp3) is 0. The second-order valence-electron chi connectivity index (χ2n) is 3.05. The molecule has 2 aromatic carbocycles. The average Bonchev–Trinajstić information content (AvgIpc) is 2.16. The monoisotopic (exact) mass is 196 g/mol. The molecule has 0 aliphatic carbocycles. The Morgan fingerprint density at radius 2 is 1.67 bits per heavy atom. The van der Waals surface area contributed by atoms with Crippen molar-refractivity contribution >= 4 is 16.7 Å². The van der Waals surface area contributed by atoms with Crippen molar-refractivity contribution in [1.29, 1.82) is 0 Å². The molecule has 0 aromatic heterocycles. The molecule has 0 unspecified atom stereocenters. The van der Waals surface area contributed by atoms with Gasteiger partial charge < -0.3 is 11.6 Å². The molecule has 0 bridgehead atoms. The van der Waals surface area contributed by atoms with E-state index < -0.39 is 5.97 Å². The minimum absolute atomic E-state index is 0. The summed E-state index contributed by atoms with van der Waals surface area (Å²) in [6, 6.07) is 9.60. The molecule has 0 fully saturated rings. The first-order valence-corrected chi connectivity index (χ1v) is 4.13. The molecule has 0 saturated carbocycles. The Hall–Kier alpha value is -1.43. The number of phenols is 1. The minimum atomic E-state index is -0.944. The second-order valence-corrected chi connectivity index (χ2v) is 3.05. The molecule has 4 heteroatoms. The van der Waals surface area contributed by atoms with Crippen LogP contribution in [0.4, 0.5) is 0 Å². The van der Waals surface area contributed by atoms with Crippen molar-refractivity contribution in [3.8, 4) is 5.75 Å². The number of fused-ring (bicyclic) bond motifs is 1. The zero-order valence-electron chi connectivity index (χ0n) is 9.27. The molecular formula is C11H9LiO3. The van der Waals surface area contributed by atoms with Gasteiger partial charge in [-0.05, 0) is 35.0 Å². The van der Waals surface area contributed by atoms with Gasteiger partial charge in [0.15, 0.2) is 0 Å². The summed E-state index contributed by atoms with van der Waals surface area (Å²) in [4.78, 5) is 10.7. The molecule has 0 radical (unpaired) electrons. The molecule has 0 atom stereocenters. The fourth-order valence-electron chi connectivity index (χ4n) is 1.37. The predicted octanol–water partition coefficient (Wildman–Crippen LogP) is -0.640. The summed E-state index contributed by atoms with van der Waals surface area (Å²) in [6.07, 6.45) is 0. The van der Waals surface area contributed by atoms with Crippen LogP contribution < -0.4 is 18.9 Å². The number of carbonyl (C=O) groups is 1. The van der Waals surface area contributed by atoms with Crippen LogP contribution in [0.25, 0.3) is 10.8 Å². The van der Waals surface area contributed by atoms with Gasteiger partial charge in [0.25, 0.3) is 0 Å². The molecule has 2 aromatic rings. The van der Waals surface area contributed by atoms with Crippen LogP contribution in [0, 0.1) is 0 Å². The van der Waals surface area contributed by atoms with E-state index in [4.69, 9.17) is 5.11 Å². The topological polar surface area (TPSA) is 57.5 Å². The second kappa shape index (κ2) is 4.39. The summed E-state index contributed by atoms with van der Waals surface area (Å²) in [7, 11) is 0. The van der Waals surface area contributed by atoms with Gasteiger partial charge in [-0.25, -0.2) is 4.79 Å². The molecule has 0 saturated heterocycles. The van der Waals surface area contributed by atoms with Gasteiger partial charge >= 0.3 is 24.8 Å². The number of carboxylic acids is 1. The maximum absolute atomic E-state index is 10.7. The van der Waals surface area contributed by atoms with Gasteiger partial charge in [-0.2, -0.15) is 0 Å². The first-order chi connectivity index (χ1) is 6.66. The van der Waals surface area contributed by atoms with Crippen LogP contribution in [0.2, 0.25) is 0 Å². The van der Waals surface area contributed by atoms with Crippen LogP contribution in [0.5, 0.6) is 5.75 Å². The smallest absolute Gasteiger partial charge is 1.00 e. The molecule has 3 nitrogen and oxygen atoms in total. The quantitative estimate of drug-likeness (QED) is 0.596. The largest absolute Gasteiger partial charge is 1.00 e. The molecular weight excluding hydrogens is 187 g/mol. The van der Waals surface area contributed by atoms with Crippen LogP contribution in [0.15, 0.2) is 36.4 Å². The van der Waals surface area contributed by atoms with Crippen molar-refractivity contribution in [2.45, 2.75) is 0 Å². The van der Waals surface area contributed by atoms with Gasteiger partial charge in [-0.3, -0.25) is 0 Å². The van der Waals surface area contributed by atoms with Crippen molar-refractivity contribution in [3.63, 3.8) is 0 Å². The Kier molecular flexibility index (Phi) is 3.41.